The Labute approximate surface area is 392 Å². The molecule has 0 unspecified atom stereocenters. The third-order valence-electron chi connectivity index (χ3n) is 13.0. The molecule has 0 atom stereocenters. The normalized spacial score (nSPS) is 11.5. The third kappa shape index (κ3) is 6.78. The van der Waals surface area contributed by atoms with Gasteiger partial charge in [0.25, 0.3) is 0 Å². The van der Waals surface area contributed by atoms with E-state index in [1.165, 1.54) is 0 Å². The largest absolute Gasteiger partial charge is 0.493 e. The number of para-hydroxylation sites is 2. The Bertz CT molecular complexity index is 3480. The summed E-state index contributed by atoms with van der Waals surface area (Å²) in [6.07, 6.45) is 0. The first kappa shape index (κ1) is 42.2. The van der Waals surface area contributed by atoms with E-state index >= 15 is 0 Å². The third-order valence-corrected chi connectivity index (χ3v) is 13.0. The number of furan rings is 2. The highest BCUT2D eigenvalue weighted by Crippen LogP contribution is 2.49. The number of nitrogens with zero attached hydrogens (tertiary/aromatic N) is 2. The van der Waals surface area contributed by atoms with E-state index in [9.17, 15) is 0 Å². The molecule has 2 aromatic heterocycles. The molecule has 0 aliphatic rings. The zero-order valence-electron chi connectivity index (χ0n) is 39.0. The second-order valence-electron chi connectivity index (χ2n) is 16.8. The monoisotopic (exact) mass is 900 g/mol. The standard InChI is InChI=1S/C58H48N2O8/c1-33-13-9-11-15-47(33)59(41-29-51(61-3)57(65-7)52(30-41)62-4)39-19-17-35-25-45-43-21-22-44-46-26-36-18-20-40(24-38(36)28-50(46)68-56(44)55(43)67-49(45)27-37(35)23-39)60(48-16-12-10-14-34(48)2)42-31-53(63-5)58(66-8)54(32-42)64-6/h9-32H,1-8H3. The molecule has 2 heterocycles. The lowest BCUT2D eigenvalue weighted by atomic mass is 10.0. The first-order valence-corrected chi connectivity index (χ1v) is 22.2. The van der Waals surface area contributed by atoms with Crippen molar-refractivity contribution >= 4 is 99.5 Å². The molecule has 0 saturated carbocycles. The van der Waals surface area contributed by atoms with Crippen molar-refractivity contribution in [1.82, 2.24) is 0 Å². The predicted molar refractivity (Wildman–Crippen MR) is 274 cm³/mol. The van der Waals surface area contributed by atoms with Crippen molar-refractivity contribution in [2.24, 2.45) is 0 Å². The van der Waals surface area contributed by atoms with Gasteiger partial charge < -0.3 is 47.1 Å². The number of aryl methyl sites for hydroxylation is 2. The lowest BCUT2D eigenvalue weighted by molar-refractivity contribution is 0.324. The maximum absolute atomic E-state index is 6.80. The summed E-state index contributed by atoms with van der Waals surface area (Å²) >= 11 is 0. The summed E-state index contributed by atoms with van der Waals surface area (Å²) in [5.74, 6) is 3.33. The van der Waals surface area contributed by atoms with E-state index in [0.717, 1.165) is 99.5 Å². The van der Waals surface area contributed by atoms with Gasteiger partial charge in [0.1, 0.15) is 11.2 Å². The Hall–Kier alpha value is -8.50. The van der Waals surface area contributed by atoms with Gasteiger partial charge in [0.15, 0.2) is 34.2 Å². The van der Waals surface area contributed by atoms with Crippen LogP contribution in [0.25, 0.3) is 65.4 Å². The first-order chi connectivity index (χ1) is 33.2. The lowest BCUT2D eigenvalue weighted by Gasteiger charge is -2.28. The first-order valence-electron chi connectivity index (χ1n) is 22.2. The SMILES string of the molecule is COc1cc(N(c2ccc3cc4c(cc3c2)oc2c4ccc3c4cc5ccc(N(c6cc(OC)c(OC)c(OC)c6)c6ccccc6C)cc5cc4oc32)c2ccccc2C)cc(OC)c1OC. The van der Waals surface area contributed by atoms with Crippen LogP contribution in [0.4, 0.5) is 34.1 Å². The molecule has 0 aliphatic heterocycles. The summed E-state index contributed by atoms with van der Waals surface area (Å²) in [7, 11) is 9.75. The zero-order chi connectivity index (χ0) is 46.8. The molecule has 0 radical (unpaired) electrons. The summed E-state index contributed by atoms with van der Waals surface area (Å²) in [5.41, 5.74) is 10.8. The topological polar surface area (TPSA) is 88.1 Å². The van der Waals surface area contributed by atoms with Crippen molar-refractivity contribution in [3.05, 3.63) is 157 Å². The molecular formula is C58H48N2O8. The van der Waals surface area contributed by atoms with Crippen molar-refractivity contribution in [3.8, 4) is 34.5 Å². The molecule has 0 N–H and O–H groups in total. The van der Waals surface area contributed by atoms with Crippen LogP contribution in [-0.4, -0.2) is 42.7 Å². The maximum atomic E-state index is 6.80. The van der Waals surface area contributed by atoms with Crippen LogP contribution in [0.5, 0.6) is 34.5 Å². The molecule has 0 bridgehead atoms. The van der Waals surface area contributed by atoms with Crippen LogP contribution in [0.2, 0.25) is 0 Å². The van der Waals surface area contributed by atoms with Gasteiger partial charge in [0, 0.05) is 68.6 Å². The molecule has 68 heavy (non-hydrogen) atoms. The molecule has 0 spiro atoms. The molecule has 11 aromatic rings. The minimum absolute atomic E-state index is 0.532. The van der Waals surface area contributed by atoms with E-state index in [4.69, 9.17) is 37.3 Å². The van der Waals surface area contributed by atoms with Gasteiger partial charge in [-0.1, -0.05) is 48.5 Å². The number of hydrogen-bond acceptors (Lipinski definition) is 10. The highest BCUT2D eigenvalue weighted by molar-refractivity contribution is 6.21. The molecule has 0 fully saturated rings. The second kappa shape index (κ2) is 16.7. The molecule has 10 heteroatoms. The number of ether oxygens (including phenoxy) is 6. The molecule has 11 rings (SSSR count). The number of methoxy groups -OCH3 is 6. The quantitative estimate of drug-likeness (QED) is 0.118. The smallest absolute Gasteiger partial charge is 0.203 e. The van der Waals surface area contributed by atoms with Gasteiger partial charge in [0.2, 0.25) is 11.5 Å². The molecule has 10 nitrogen and oxygen atoms in total. The minimum atomic E-state index is 0.532. The van der Waals surface area contributed by atoms with Crippen LogP contribution in [0.3, 0.4) is 0 Å². The van der Waals surface area contributed by atoms with Gasteiger partial charge in [-0.3, -0.25) is 0 Å². The summed E-state index contributed by atoms with van der Waals surface area (Å²) in [4.78, 5) is 4.42. The number of anilines is 6. The molecule has 0 aliphatic carbocycles. The van der Waals surface area contributed by atoms with Crippen molar-refractivity contribution in [3.63, 3.8) is 0 Å². The number of benzene rings is 9. The summed E-state index contributed by atoms with van der Waals surface area (Å²) in [6.45, 7) is 4.22. The molecule has 9 aromatic carbocycles. The van der Waals surface area contributed by atoms with Crippen LogP contribution in [0.1, 0.15) is 11.1 Å². The van der Waals surface area contributed by atoms with Crippen molar-refractivity contribution < 1.29 is 37.3 Å². The van der Waals surface area contributed by atoms with Gasteiger partial charge in [-0.25, -0.2) is 0 Å². The van der Waals surface area contributed by atoms with Crippen LogP contribution in [-0.2, 0) is 0 Å². The van der Waals surface area contributed by atoms with E-state index in [0.29, 0.717) is 45.7 Å². The summed E-state index contributed by atoms with van der Waals surface area (Å²) < 4.78 is 48.1. The number of hydrogen-bond donors (Lipinski definition) is 0. The van der Waals surface area contributed by atoms with Gasteiger partial charge >= 0.3 is 0 Å². The second-order valence-corrected chi connectivity index (χ2v) is 16.8. The highest BCUT2D eigenvalue weighted by Gasteiger charge is 2.24. The van der Waals surface area contributed by atoms with Gasteiger partial charge in [-0.2, -0.15) is 0 Å². The van der Waals surface area contributed by atoms with Crippen LogP contribution in [0, 0.1) is 13.8 Å². The predicted octanol–water partition coefficient (Wildman–Crippen LogP) is 15.4. The van der Waals surface area contributed by atoms with E-state index in [2.05, 4.69) is 121 Å². The van der Waals surface area contributed by atoms with Crippen molar-refractivity contribution in [2.45, 2.75) is 13.8 Å². The van der Waals surface area contributed by atoms with E-state index in [-0.39, 0.29) is 0 Å². The fourth-order valence-corrected chi connectivity index (χ4v) is 9.68. The maximum Gasteiger partial charge on any atom is 0.203 e. The summed E-state index contributed by atoms with van der Waals surface area (Å²) in [6, 6.07) is 50.5. The number of rotatable bonds is 12. The van der Waals surface area contributed by atoms with Crippen molar-refractivity contribution in [2.75, 3.05) is 52.5 Å². The van der Waals surface area contributed by atoms with Gasteiger partial charge in [0.05, 0.1) is 54.0 Å². The number of fused-ring (bicyclic) bond motifs is 9. The minimum Gasteiger partial charge on any atom is -0.493 e. The van der Waals surface area contributed by atoms with Crippen molar-refractivity contribution in [1.29, 1.82) is 0 Å². The van der Waals surface area contributed by atoms with Crippen LogP contribution < -0.4 is 38.2 Å². The summed E-state index contributed by atoms with van der Waals surface area (Å²) in [5, 5.41) is 8.21. The molecule has 0 amide bonds. The Kier molecular flexibility index (Phi) is 10.4. The Balaban J connectivity index is 1.03. The lowest BCUT2D eigenvalue weighted by Crippen LogP contribution is -2.12. The Morgan fingerprint density at radius 3 is 1.07 bits per heavy atom. The van der Waals surface area contributed by atoms with Crippen LogP contribution >= 0.6 is 0 Å². The fraction of sp³-hybridized carbons (Fsp3) is 0.138. The average molecular weight is 901 g/mol. The molecule has 0 saturated heterocycles. The molecule has 338 valence electrons. The van der Waals surface area contributed by atoms with E-state index in [1.54, 1.807) is 42.7 Å². The van der Waals surface area contributed by atoms with E-state index < -0.39 is 0 Å². The Morgan fingerprint density at radius 1 is 0.338 bits per heavy atom. The average Bonchev–Trinajstić information content (AvgIpc) is 3.92. The van der Waals surface area contributed by atoms with Gasteiger partial charge in [-0.15, -0.1) is 0 Å². The zero-order valence-corrected chi connectivity index (χ0v) is 39.0. The van der Waals surface area contributed by atoms with Crippen LogP contribution in [0.15, 0.2) is 154 Å². The fourth-order valence-electron chi connectivity index (χ4n) is 9.68. The Morgan fingerprint density at radius 2 is 0.721 bits per heavy atom. The van der Waals surface area contributed by atoms with E-state index in [1.807, 2.05) is 48.5 Å². The highest BCUT2D eigenvalue weighted by atomic mass is 16.5. The molecular weight excluding hydrogens is 853 g/mol. The van der Waals surface area contributed by atoms with Gasteiger partial charge in [-0.05, 0) is 119 Å².